The van der Waals surface area contributed by atoms with Crippen LogP contribution in [0.5, 0.6) is 0 Å². The molecule has 0 radical (unpaired) electrons. The molecule has 0 aromatic heterocycles. The molecule has 1 fully saturated rings. The molecule has 4 heteroatoms. The maximum absolute atomic E-state index is 10.6. The summed E-state index contributed by atoms with van der Waals surface area (Å²) in [6.45, 7) is 3.93. The highest BCUT2D eigenvalue weighted by Crippen LogP contribution is 2.14. The topological polar surface area (TPSA) is 49.4 Å². The second-order valence-electron chi connectivity index (χ2n) is 3.52. The molecule has 4 nitrogen and oxygen atoms in total. The van der Waals surface area contributed by atoms with Crippen LogP contribution in [0, 0.1) is 5.92 Å². The zero-order valence-corrected chi connectivity index (χ0v) is 7.95. The van der Waals surface area contributed by atoms with Crippen LogP contribution >= 0.6 is 0 Å². The van der Waals surface area contributed by atoms with E-state index in [0.717, 1.165) is 38.9 Å². The third kappa shape index (κ3) is 3.44. The number of nitrogens with zero attached hydrogens (tertiary/aromatic N) is 1. The maximum atomic E-state index is 10.6. The zero-order chi connectivity index (χ0) is 9.68. The van der Waals surface area contributed by atoms with Crippen molar-refractivity contribution in [2.45, 2.75) is 19.8 Å². The Balaban J connectivity index is 2.17. The summed E-state index contributed by atoms with van der Waals surface area (Å²) in [5.41, 5.74) is 0. The molecule has 1 saturated heterocycles. The molecule has 1 aliphatic rings. The van der Waals surface area contributed by atoms with Crippen molar-refractivity contribution in [3.05, 3.63) is 0 Å². The second-order valence-corrected chi connectivity index (χ2v) is 3.52. The van der Waals surface area contributed by atoms with Crippen LogP contribution in [-0.4, -0.2) is 36.9 Å². The number of hydrogen-bond donors (Lipinski definition) is 1. The number of carbonyl (C=O) groups excluding carboxylic acids is 2. The van der Waals surface area contributed by atoms with Gasteiger partial charge in [0, 0.05) is 26.6 Å². The van der Waals surface area contributed by atoms with Gasteiger partial charge in [-0.15, -0.1) is 0 Å². The number of likely N-dealkylation sites (tertiary alicyclic amines) is 1. The largest absolute Gasteiger partial charge is 0.356 e. The van der Waals surface area contributed by atoms with E-state index in [0.29, 0.717) is 5.92 Å². The average molecular weight is 184 g/mol. The SMILES string of the molecule is CC(=O)NCC1CCN(C=O)CC1. The molecule has 0 aromatic carbocycles. The van der Waals surface area contributed by atoms with Crippen LogP contribution in [0.3, 0.4) is 0 Å². The minimum Gasteiger partial charge on any atom is -0.356 e. The van der Waals surface area contributed by atoms with Gasteiger partial charge in [0.15, 0.2) is 0 Å². The first kappa shape index (κ1) is 10.0. The van der Waals surface area contributed by atoms with E-state index in [1.165, 1.54) is 6.92 Å². The van der Waals surface area contributed by atoms with E-state index < -0.39 is 0 Å². The Kier molecular flexibility index (Phi) is 3.73. The standard InChI is InChI=1S/C9H16N2O2/c1-8(13)10-6-9-2-4-11(7-12)5-3-9/h7,9H,2-6H2,1H3,(H,10,13). The van der Waals surface area contributed by atoms with Crippen LogP contribution in [0.4, 0.5) is 0 Å². The van der Waals surface area contributed by atoms with Gasteiger partial charge in [0.1, 0.15) is 0 Å². The summed E-state index contributed by atoms with van der Waals surface area (Å²) >= 11 is 0. The fourth-order valence-corrected chi connectivity index (χ4v) is 1.55. The van der Waals surface area contributed by atoms with Crippen LogP contribution in [0.15, 0.2) is 0 Å². The smallest absolute Gasteiger partial charge is 0.216 e. The fraction of sp³-hybridized carbons (Fsp3) is 0.778. The molecule has 1 aliphatic heterocycles. The Bertz CT molecular complexity index is 186. The van der Waals surface area contributed by atoms with Crippen molar-refractivity contribution in [1.29, 1.82) is 0 Å². The van der Waals surface area contributed by atoms with Crippen molar-refractivity contribution >= 4 is 12.3 Å². The van der Waals surface area contributed by atoms with Crippen molar-refractivity contribution in [3.63, 3.8) is 0 Å². The van der Waals surface area contributed by atoms with E-state index in [9.17, 15) is 9.59 Å². The summed E-state index contributed by atoms with van der Waals surface area (Å²) in [6.07, 6.45) is 2.90. The highest BCUT2D eigenvalue weighted by molar-refractivity contribution is 5.72. The van der Waals surface area contributed by atoms with Crippen molar-refractivity contribution in [2.24, 2.45) is 5.92 Å². The Morgan fingerprint density at radius 1 is 1.54 bits per heavy atom. The molecule has 1 N–H and O–H groups in total. The Hall–Kier alpha value is -1.06. The molecule has 0 spiro atoms. The zero-order valence-electron chi connectivity index (χ0n) is 7.95. The average Bonchev–Trinajstić information content (AvgIpc) is 2.15. The number of carbonyl (C=O) groups is 2. The highest BCUT2D eigenvalue weighted by atomic mass is 16.1. The first-order valence-electron chi connectivity index (χ1n) is 4.66. The lowest BCUT2D eigenvalue weighted by Gasteiger charge is -2.29. The van der Waals surface area contributed by atoms with E-state index in [2.05, 4.69) is 5.32 Å². The number of piperidine rings is 1. The molecule has 74 valence electrons. The lowest BCUT2D eigenvalue weighted by molar-refractivity contribution is -0.121. The molecular weight excluding hydrogens is 168 g/mol. The second kappa shape index (κ2) is 4.84. The van der Waals surface area contributed by atoms with E-state index >= 15 is 0 Å². The van der Waals surface area contributed by atoms with Crippen LogP contribution < -0.4 is 5.32 Å². The fourth-order valence-electron chi connectivity index (χ4n) is 1.55. The van der Waals surface area contributed by atoms with Gasteiger partial charge in [-0.05, 0) is 18.8 Å². The lowest BCUT2D eigenvalue weighted by Crippen LogP contribution is -2.37. The van der Waals surface area contributed by atoms with Crippen molar-refractivity contribution in [2.75, 3.05) is 19.6 Å². The lowest BCUT2D eigenvalue weighted by atomic mass is 9.97. The molecule has 0 aromatic rings. The van der Waals surface area contributed by atoms with Crippen LogP contribution in [0.1, 0.15) is 19.8 Å². The van der Waals surface area contributed by atoms with Crippen LogP contribution in [-0.2, 0) is 9.59 Å². The van der Waals surface area contributed by atoms with Gasteiger partial charge in [0.25, 0.3) is 0 Å². The molecule has 0 aliphatic carbocycles. The molecule has 2 amide bonds. The molecular formula is C9H16N2O2. The Morgan fingerprint density at radius 2 is 2.15 bits per heavy atom. The predicted molar refractivity (Wildman–Crippen MR) is 49.0 cm³/mol. The molecule has 0 bridgehead atoms. The molecule has 0 atom stereocenters. The first-order valence-corrected chi connectivity index (χ1v) is 4.66. The Morgan fingerprint density at radius 3 is 2.62 bits per heavy atom. The van der Waals surface area contributed by atoms with E-state index in [-0.39, 0.29) is 5.91 Å². The number of hydrogen-bond acceptors (Lipinski definition) is 2. The third-order valence-electron chi connectivity index (χ3n) is 2.44. The van der Waals surface area contributed by atoms with Gasteiger partial charge in [-0.2, -0.15) is 0 Å². The van der Waals surface area contributed by atoms with Gasteiger partial charge in [0.2, 0.25) is 12.3 Å². The predicted octanol–water partition coefficient (Wildman–Crippen LogP) is -0.00910. The normalized spacial score (nSPS) is 18.4. The number of nitrogens with one attached hydrogen (secondary N) is 1. The summed E-state index contributed by atoms with van der Waals surface area (Å²) in [5.74, 6) is 0.568. The van der Waals surface area contributed by atoms with Gasteiger partial charge < -0.3 is 10.2 Å². The van der Waals surface area contributed by atoms with Gasteiger partial charge in [0.05, 0.1) is 0 Å². The van der Waals surface area contributed by atoms with Crippen molar-refractivity contribution in [3.8, 4) is 0 Å². The minimum absolute atomic E-state index is 0.0258. The van der Waals surface area contributed by atoms with Crippen molar-refractivity contribution < 1.29 is 9.59 Å². The first-order chi connectivity index (χ1) is 6.22. The summed E-state index contributed by atoms with van der Waals surface area (Å²) < 4.78 is 0. The summed E-state index contributed by atoms with van der Waals surface area (Å²) in [7, 11) is 0. The third-order valence-corrected chi connectivity index (χ3v) is 2.44. The molecule has 0 saturated carbocycles. The number of rotatable bonds is 3. The highest BCUT2D eigenvalue weighted by Gasteiger charge is 2.17. The maximum Gasteiger partial charge on any atom is 0.216 e. The van der Waals surface area contributed by atoms with Crippen LogP contribution in [0.25, 0.3) is 0 Å². The Labute approximate surface area is 78.3 Å². The molecule has 0 unspecified atom stereocenters. The van der Waals surface area contributed by atoms with E-state index in [1.807, 2.05) is 0 Å². The van der Waals surface area contributed by atoms with Gasteiger partial charge in [-0.1, -0.05) is 0 Å². The monoisotopic (exact) mass is 184 g/mol. The van der Waals surface area contributed by atoms with Gasteiger partial charge in [-0.3, -0.25) is 9.59 Å². The minimum atomic E-state index is 0.0258. The number of amides is 2. The molecule has 13 heavy (non-hydrogen) atoms. The van der Waals surface area contributed by atoms with Crippen LogP contribution in [0.2, 0.25) is 0 Å². The molecule has 1 heterocycles. The summed E-state index contributed by atoms with van der Waals surface area (Å²) in [5, 5.41) is 2.80. The quantitative estimate of drug-likeness (QED) is 0.627. The summed E-state index contributed by atoms with van der Waals surface area (Å²) in [4.78, 5) is 22.8. The van der Waals surface area contributed by atoms with Crippen molar-refractivity contribution in [1.82, 2.24) is 10.2 Å². The van der Waals surface area contributed by atoms with E-state index in [4.69, 9.17) is 0 Å². The summed E-state index contributed by atoms with van der Waals surface area (Å²) in [6, 6.07) is 0. The van der Waals surface area contributed by atoms with Gasteiger partial charge in [-0.25, -0.2) is 0 Å². The molecule has 1 rings (SSSR count). The van der Waals surface area contributed by atoms with E-state index in [1.54, 1.807) is 4.90 Å². The van der Waals surface area contributed by atoms with Gasteiger partial charge >= 0.3 is 0 Å².